The number of aryl methyl sites for hydroxylation is 1. The Labute approximate surface area is 144 Å². The molecule has 0 saturated heterocycles. The van der Waals surface area contributed by atoms with Crippen LogP contribution in [0.4, 0.5) is 5.69 Å². The highest BCUT2D eigenvalue weighted by Gasteiger charge is 2.07. The molecule has 1 aromatic heterocycles. The van der Waals surface area contributed by atoms with E-state index in [1.165, 1.54) is 5.56 Å². The van der Waals surface area contributed by atoms with Gasteiger partial charge in [0.2, 0.25) is 0 Å². The Hall–Kier alpha value is -2.36. The molecule has 0 saturated carbocycles. The number of rotatable bonds is 9. The first-order valence-corrected chi connectivity index (χ1v) is 8.67. The van der Waals surface area contributed by atoms with Crippen LogP contribution in [-0.4, -0.2) is 24.0 Å². The maximum absolute atomic E-state index is 12.1. The predicted molar refractivity (Wildman–Crippen MR) is 99.3 cm³/mol. The van der Waals surface area contributed by atoms with E-state index in [-0.39, 0.29) is 5.91 Å². The minimum absolute atomic E-state index is 0.108. The Balaban J connectivity index is 1.76. The van der Waals surface area contributed by atoms with Crippen molar-refractivity contribution in [1.29, 1.82) is 0 Å². The fourth-order valence-corrected chi connectivity index (χ4v) is 2.40. The molecule has 0 aliphatic rings. The van der Waals surface area contributed by atoms with Gasteiger partial charge < -0.3 is 10.6 Å². The number of carbonyl (C=O) groups excluding carboxylic acids is 1. The Morgan fingerprint density at radius 3 is 2.67 bits per heavy atom. The van der Waals surface area contributed by atoms with Gasteiger partial charge in [-0.05, 0) is 42.9 Å². The number of benzene rings is 1. The molecule has 1 aromatic carbocycles. The Morgan fingerprint density at radius 2 is 1.92 bits per heavy atom. The third-order valence-electron chi connectivity index (χ3n) is 3.81. The summed E-state index contributed by atoms with van der Waals surface area (Å²) in [4.78, 5) is 16.3. The van der Waals surface area contributed by atoms with E-state index in [2.05, 4.69) is 53.7 Å². The Morgan fingerprint density at radius 1 is 1.12 bits per heavy atom. The summed E-state index contributed by atoms with van der Waals surface area (Å²) < 4.78 is 0. The minimum atomic E-state index is -0.108. The number of hydrogen-bond donors (Lipinski definition) is 2. The molecule has 2 N–H and O–H groups in total. The molecule has 1 heterocycles. The molecule has 0 bridgehead atoms. The number of amides is 1. The summed E-state index contributed by atoms with van der Waals surface area (Å²) >= 11 is 0. The van der Waals surface area contributed by atoms with Crippen LogP contribution < -0.4 is 10.6 Å². The van der Waals surface area contributed by atoms with Crippen LogP contribution in [0.1, 0.15) is 42.7 Å². The molecule has 24 heavy (non-hydrogen) atoms. The predicted octanol–water partition coefficient (Wildman–Crippen LogP) is 3.90. The van der Waals surface area contributed by atoms with Gasteiger partial charge in [-0.3, -0.25) is 9.78 Å². The summed E-state index contributed by atoms with van der Waals surface area (Å²) in [5.74, 6) is 0.472. The quantitative estimate of drug-likeness (QED) is 0.688. The van der Waals surface area contributed by atoms with Crippen molar-refractivity contribution in [1.82, 2.24) is 10.3 Å². The van der Waals surface area contributed by atoms with Gasteiger partial charge in [0.05, 0.1) is 0 Å². The first-order chi connectivity index (χ1) is 11.6. The molecule has 128 valence electrons. The molecule has 0 aliphatic heterocycles. The lowest BCUT2D eigenvalue weighted by molar-refractivity contribution is 0.0947. The van der Waals surface area contributed by atoms with Crippen molar-refractivity contribution >= 4 is 11.6 Å². The van der Waals surface area contributed by atoms with Crippen molar-refractivity contribution in [3.05, 3.63) is 59.9 Å². The fraction of sp³-hybridized carbons (Fsp3) is 0.400. The maximum Gasteiger partial charge on any atom is 0.269 e. The van der Waals surface area contributed by atoms with Crippen molar-refractivity contribution in [2.45, 2.75) is 33.1 Å². The third kappa shape index (κ3) is 6.41. The smallest absolute Gasteiger partial charge is 0.269 e. The number of nitrogens with zero attached hydrogens (tertiary/aromatic N) is 1. The summed E-state index contributed by atoms with van der Waals surface area (Å²) in [6.07, 6.45) is 4.74. The second-order valence-corrected chi connectivity index (χ2v) is 6.38. The van der Waals surface area contributed by atoms with Gasteiger partial charge in [0, 0.05) is 25.0 Å². The number of hydrogen-bond acceptors (Lipinski definition) is 3. The summed E-state index contributed by atoms with van der Waals surface area (Å²) in [5, 5.41) is 6.28. The van der Waals surface area contributed by atoms with Gasteiger partial charge in [-0.1, -0.05) is 44.2 Å². The van der Waals surface area contributed by atoms with Crippen LogP contribution in [-0.2, 0) is 6.42 Å². The van der Waals surface area contributed by atoms with Crippen molar-refractivity contribution in [2.75, 3.05) is 18.4 Å². The van der Waals surface area contributed by atoms with E-state index >= 15 is 0 Å². The minimum Gasteiger partial charge on any atom is -0.385 e. The average Bonchev–Trinajstić information content (AvgIpc) is 2.59. The van der Waals surface area contributed by atoms with Gasteiger partial charge in [-0.2, -0.15) is 0 Å². The molecule has 0 atom stereocenters. The summed E-state index contributed by atoms with van der Waals surface area (Å²) in [5.41, 5.74) is 2.75. The normalized spacial score (nSPS) is 10.6. The average molecular weight is 325 g/mol. The van der Waals surface area contributed by atoms with Crippen molar-refractivity contribution < 1.29 is 4.79 Å². The second-order valence-electron chi connectivity index (χ2n) is 6.38. The summed E-state index contributed by atoms with van der Waals surface area (Å²) in [6.45, 7) is 5.84. The van der Waals surface area contributed by atoms with Gasteiger partial charge in [0.15, 0.2) is 0 Å². The molecule has 0 spiro atoms. The van der Waals surface area contributed by atoms with Crippen molar-refractivity contribution in [3.8, 4) is 0 Å². The van der Waals surface area contributed by atoms with Crippen LogP contribution in [0.5, 0.6) is 0 Å². The lowest BCUT2D eigenvalue weighted by Crippen LogP contribution is -2.26. The Bertz CT molecular complexity index is 626. The molecule has 0 fully saturated rings. The van der Waals surface area contributed by atoms with Crippen LogP contribution in [0.15, 0.2) is 48.7 Å². The largest absolute Gasteiger partial charge is 0.385 e. The first kappa shape index (κ1) is 18.0. The molecule has 4 nitrogen and oxygen atoms in total. The zero-order valence-electron chi connectivity index (χ0n) is 14.6. The van der Waals surface area contributed by atoms with E-state index in [1.807, 2.05) is 18.2 Å². The topological polar surface area (TPSA) is 54.0 Å². The lowest BCUT2D eigenvalue weighted by Gasteiger charge is -2.09. The van der Waals surface area contributed by atoms with Gasteiger partial charge in [-0.25, -0.2) is 0 Å². The molecule has 4 heteroatoms. The van der Waals surface area contributed by atoms with E-state index in [1.54, 1.807) is 6.20 Å². The van der Waals surface area contributed by atoms with E-state index in [9.17, 15) is 4.79 Å². The molecule has 2 aromatic rings. The summed E-state index contributed by atoms with van der Waals surface area (Å²) in [7, 11) is 0. The monoisotopic (exact) mass is 325 g/mol. The zero-order chi connectivity index (χ0) is 17.2. The fourth-order valence-electron chi connectivity index (χ4n) is 2.40. The molecule has 0 aliphatic carbocycles. The molecular weight excluding hydrogens is 298 g/mol. The van der Waals surface area contributed by atoms with Gasteiger partial charge in [-0.15, -0.1) is 0 Å². The van der Waals surface area contributed by atoms with Crippen LogP contribution in [0.25, 0.3) is 0 Å². The van der Waals surface area contributed by atoms with Gasteiger partial charge >= 0.3 is 0 Å². The molecular formula is C20H27N3O. The highest BCUT2D eigenvalue weighted by atomic mass is 16.1. The SMILES string of the molecule is CC(C)CCNC(=O)c1cc(NCCCc2ccccc2)ccn1. The maximum atomic E-state index is 12.1. The second kappa shape index (κ2) is 9.71. The van der Waals surface area contributed by atoms with Crippen molar-refractivity contribution in [3.63, 3.8) is 0 Å². The first-order valence-electron chi connectivity index (χ1n) is 8.67. The van der Waals surface area contributed by atoms with Crippen LogP contribution in [0.3, 0.4) is 0 Å². The number of pyridine rings is 1. The number of nitrogens with one attached hydrogen (secondary N) is 2. The van der Waals surface area contributed by atoms with Crippen LogP contribution in [0.2, 0.25) is 0 Å². The van der Waals surface area contributed by atoms with E-state index in [0.717, 1.165) is 31.5 Å². The Kier molecular flexibility index (Phi) is 7.27. The summed E-state index contributed by atoms with van der Waals surface area (Å²) in [6, 6.07) is 14.2. The number of anilines is 1. The standard InChI is InChI=1S/C20H27N3O/c1-16(2)10-13-23-20(24)19-15-18(11-14-22-19)21-12-6-9-17-7-4-3-5-8-17/h3-5,7-8,11,14-16H,6,9-10,12-13H2,1-2H3,(H,21,22)(H,23,24). The van der Waals surface area contributed by atoms with Crippen LogP contribution >= 0.6 is 0 Å². The molecule has 0 unspecified atom stereocenters. The number of aromatic nitrogens is 1. The lowest BCUT2D eigenvalue weighted by atomic mass is 10.1. The molecule has 0 radical (unpaired) electrons. The zero-order valence-corrected chi connectivity index (χ0v) is 14.6. The highest BCUT2D eigenvalue weighted by Crippen LogP contribution is 2.09. The van der Waals surface area contributed by atoms with Gasteiger partial charge in [0.1, 0.15) is 5.69 Å². The van der Waals surface area contributed by atoms with E-state index in [4.69, 9.17) is 0 Å². The van der Waals surface area contributed by atoms with Crippen LogP contribution in [0, 0.1) is 5.92 Å². The van der Waals surface area contributed by atoms with E-state index < -0.39 is 0 Å². The number of carbonyl (C=O) groups is 1. The molecule has 1 amide bonds. The van der Waals surface area contributed by atoms with Gasteiger partial charge in [0.25, 0.3) is 5.91 Å². The van der Waals surface area contributed by atoms with Crippen molar-refractivity contribution in [2.24, 2.45) is 5.92 Å². The highest BCUT2D eigenvalue weighted by molar-refractivity contribution is 5.93. The molecule has 2 rings (SSSR count). The third-order valence-corrected chi connectivity index (χ3v) is 3.81. The van der Waals surface area contributed by atoms with E-state index in [0.29, 0.717) is 18.2 Å².